The molecule has 2 heterocycles. The lowest BCUT2D eigenvalue weighted by Crippen LogP contribution is -2.01. The summed E-state index contributed by atoms with van der Waals surface area (Å²) in [5, 5.41) is 0.340. The van der Waals surface area contributed by atoms with E-state index in [1.807, 2.05) is 6.92 Å². The molecule has 0 amide bonds. The number of halogens is 2. The molecule has 6 heteroatoms. The van der Waals surface area contributed by atoms with Crippen LogP contribution < -0.4 is 0 Å². The Morgan fingerprint density at radius 2 is 1.81 bits per heavy atom. The largest absolute Gasteiger partial charge is 0.245 e. The van der Waals surface area contributed by atoms with Crippen LogP contribution in [0, 0.1) is 6.92 Å². The fourth-order valence-electron chi connectivity index (χ4n) is 1.48. The van der Waals surface area contributed by atoms with E-state index in [0.717, 1.165) is 24.2 Å². The third kappa shape index (κ3) is 2.08. The maximum Gasteiger partial charge on any atom is 0.225 e. The molecule has 0 fully saturated rings. The predicted octanol–water partition coefficient (Wildman–Crippen LogP) is 2.99. The summed E-state index contributed by atoms with van der Waals surface area (Å²) < 4.78 is 0. The second kappa shape index (κ2) is 4.47. The lowest BCUT2D eigenvalue weighted by Gasteiger charge is -2.05. The van der Waals surface area contributed by atoms with Crippen LogP contribution in [0.1, 0.15) is 24.7 Å². The molecule has 0 unspecified atom stereocenters. The van der Waals surface area contributed by atoms with E-state index in [1.165, 1.54) is 0 Å². The van der Waals surface area contributed by atoms with Crippen molar-refractivity contribution in [3.63, 3.8) is 0 Å². The van der Waals surface area contributed by atoms with Crippen molar-refractivity contribution >= 4 is 34.4 Å². The minimum atomic E-state index is 0.0955. The summed E-state index contributed by atoms with van der Waals surface area (Å²) in [6, 6.07) is 0. The molecule has 0 aliphatic heterocycles. The first-order valence-electron chi connectivity index (χ1n) is 4.98. The Kier molecular flexibility index (Phi) is 3.21. The van der Waals surface area contributed by atoms with Crippen LogP contribution in [-0.4, -0.2) is 19.9 Å². The van der Waals surface area contributed by atoms with E-state index in [2.05, 4.69) is 26.9 Å². The first kappa shape index (κ1) is 11.5. The number of fused-ring (bicyclic) bond motifs is 1. The quantitative estimate of drug-likeness (QED) is 0.613. The summed E-state index contributed by atoms with van der Waals surface area (Å²) in [6.07, 6.45) is 1.88. The first-order valence-corrected chi connectivity index (χ1v) is 5.73. The van der Waals surface area contributed by atoms with Gasteiger partial charge in [-0.05, 0) is 24.9 Å². The third-order valence-electron chi connectivity index (χ3n) is 2.22. The summed E-state index contributed by atoms with van der Waals surface area (Å²) in [4.78, 5) is 16.6. The van der Waals surface area contributed by atoms with E-state index < -0.39 is 0 Å². The lowest BCUT2D eigenvalue weighted by molar-refractivity contribution is 0.861. The summed E-state index contributed by atoms with van der Waals surface area (Å²) in [5.74, 6) is 0. The van der Waals surface area contributed by atoms with Crippen LogP contribution in [-0.2, 0) is 6.42 Å². The topological polar surface area (TPSA) is 51.6 Å². The molecule has 2 aromatic rings. The number of nitrogens with zero attached hydrogens (tertiary/aromatic N) is 4. The highest BCUT2D eigenvalue weighted by molar-refractivity contribution is 6.35. The Morgan fingerprint density at radius 1 is 1.06 bits per heavy atom. The van der Waals surface area contributed by atoms with Gasteiger partial charge in [-0.2, -0.15) is 4.98 Å². The second-order valence-electron chi connectivity index (χ2n) is 3.46. The fraction of sp³-hybridized carbons (Fsp3) is 0.400. The number of hydrogen-bond acceptors (Lipinski definition) is 4. The summed E-state index contributed by atoms with van der Waals surface area (Å²) in [5.41, 5.74) is 2.76. The summed E-state index contributed by atoms with van der Waals surface area (Å²) in [7, 11) is 0. The monoisotopic (exact) mass is 256 g/mol. The Morgan fingerprint density at radius 3 is 2.50 bits per heavy atom. The zero-order valence-electron chi connectivity index (χ0n) is 8.96. The minimum absolute atomic E-state index is 0.0955. The summed E-state index contributed by atoms with van der Waals surface area (Å²) >= 11 is 11.6. The molecule has 2 aromatic heterocycles. The standard InChI is InChI=1S/C10H10Cl2N4/c1-3-4-6-5(2)13-7-8(11)15-10(12)16-9(7)14-6/h3-4H2,1-2H3. The van der Waals surface area contributed by atoms with Gasteiger partial charge in [0.25, 0.3) is 0 Å². The average molecular weight is 257 g/mol. The van der Waals surface area contributed by atoms with Crippen molar-refractivity contribution in [3.05, 3.63) is 21.8 Å². The highest BCUT2D eigenvalue weighted by Gasteiger charge is 2.10. The molecule has 4 nitrogen and oxygen atoms in total. The van der Waals surface area contributed by atoms with Crippen LogP contribution in [0.15, 0.2) is 0 Å². The average Bonchev–Trinajstić information content (AvgIpc) is 2.21. The molecular formula is C10H10Cl2N4. The number of aromatic nitrogens is 4. The molecule has 0 aliphatic rings. The molecule has 0 spiro atoms. The molecule has 0 saturated carbocycles. The Bertz CT molecular complexity index is 542. The molecule has 16 heavy (non-hydrogen) atoms. The molecule has 0 aromatic carbocycles. The highest BCUT2D eigenvalue weighted by atomic mass is 35.5. The molecule has 0 bridgehead atoms. The lowest BCUT2D eigenvalue weighted by atomic mass is 10.2. The first-order chi connectivity index (χ1) is 7.61. The zero-order valence-corrected chi connectivity index (χ0v) is 10.5. The molecule has 0 saturated heterocycles. The van der Waals surface area contributed by atoms with E-state index in [9.17, 15) is 0 Å². The highest BCUT2D eigenvalue weighted by Crippen LogP contribution is 2.20. The van der Waals surface area contributed by atoms with Gasteiger partial charge in [0.1, 0.15) is 5.52 Å². The van der Waals surface area contributed by atoms with E-state index in [4.69, 9.17) is 23.2 Å². The van der Waals surface area contributed by atoms with E-state index in [0.29, 0.717) is 11.2 Å². The van der Waals surface area contributed by atoms with Gasteiger partial charge in [0.2, 0.25) is 5.28 Å². The SMILES string of the molecule is CCCc1nc2nc(Cl)nc(Cl)c2nc1C. The van der Waals surface area contributed by atoms with Crippen LogP contribution in [0.25, 0.3) is 11.2 Å². The van der Waals surface area contributed by atoms with Gasteiger partial charge < -0.3 is 0 Å². The maximum atomic E-state index is 5.93. The molecular weight excluding hydrogens is 247 g/mol. The van der Waals surface area contributed by atoms with Crippen LogP contribution >= 0.6 is 23.2 Å². The van der Waals surface area contributed by atoms with Crippen molar-refractivity contribution in [2.24, 2.45) is 0 Å². The minimum Gasteiger partial charge on any atom is -0.245 e. The van der Waals surface area contributed by atoms with Crippen molar-refractivity contribution in [3.8, 4) is 0 Å². The molecule has 2 rings (SSSR count). The van der Waals surface area contributed by atoms with E-state index >= 15 is 0 Å². The molecule has 84 valence electrons. The Labute approximate surface area is 103 Å². The molecule has 0 N–H and O–H groups in total. The van der Waals surface area contributed by atoms with Gasteiger partial charge in [-0.1, -0.05) is 24.9 Å². The van der Waals surface area contributed by atoms with Crippen molar-refractivity contribution in [1.29, 1.82) is 0 Å². The number of aryl methyl sites for hydroxylation is 2. The maximum absolute atomic E-state index is 5.93. The van der Waals surface area contributed by atoms with Crippen molar-refractivity contribution < 1.29 is 0 Å². The van der Waals surface area contributed by atoms with Crippen LogP contribution in [0.5, 0.6) is 0 Å². The zero-order chi connectivity index (χ0) is 11.7. The normalized spacial score (nSPS) is 11.0. The van der Waals surface area contributed by atoms with Gasteiger partial charge in [-0.3, -0.25) is 0 Å². The van der Waals surface area contributed by atoms with Gasteiger partial charge in [0, 0.05) is 0 Å². The smallest absolute Gasteiger partial charge is 0.225 e. The van der Waals surface area contributed by atoms with Gasteiger partial charge in [0.05, 0.1) is 11.4 Å². The van der Waals surface area contributed by atoms with Gasteiger partial charge in [-0.15, -0.1) is 0 Å². The Hall–Kier alpha value is -1.00. The van der Waals surface area contributed by atoms with Crippen LogP contribution in [0.3, 0.4) is 0 Å². The van der Waals surface area contributed by atoms with Crippen LogP contribution in [0.2, 0.25) is 10.4 Å². The Balaban J connectivity index is 2.69. The van der Waals surface area contributed by atoms with Crippen molar-refractivity contribution in [2.45, 2.75) is 26.7 Å². The molecule has 0 atom stereocenters. The van der Waals surface area contributed by atoms with E-state index in [-0.39, 0.29) is 10.4 Å². The number of rotatable bonds is 2. The van der Waals surface area contributed by atoms with Crippen molar-refractivity contribution in [1.82, 2.24) is 19.9 Å². The van der Waals surface area contributed by atoms with Crippen LogP contribution in [0.4, 0.5) is 0 Å². The van der Waals surface area contributed by atoms with Gasteiger partial charge >= 0.3 is 0 Å². The summed E-state index contributed by atoms with van der Waals surface area (Å²) in [6.45, 7) is 3.99. The molecule has 0 aliphatic carbocycles. The third-order valence-corrected chi connectivity index (χ3v) is 2.65. The molecule has 0 radical (unpaired) electrons. The van der Waals surface area contributed by atoms with E-state index in [1.54, 1.807) is 0 Å². The predicted molar refractivity (Wildman–Crippen MR) is 63.9 cm³/mol. The van der Waals surface area contributed by atoms with Gasteiger partial charge in [0.15, 0.2) is 10.8 Å². The number of hydrogen-bond donors (Lipinski definition) is 0. The van der Waals surface area contributed by atoms with Gasteiger partial charge in [-0.25, -0.2) is 15.0 Å². The van der Waals surface area contributed by atoms with Crippen molar-refractivity contribution in [2.75, 3.05) is 0 Å². The fourth-order valence-corrected chi connectivity index (χ4v) is 1.89. The second-order valence-corrected chi connectivity index (χ2v) is 4.16.